The third-order valence-corrected chi connectivity index (χ3v) is 4.63. The Morgan fingerprint density at radius 1 is 0.963 bits per heavy atom. The lowest BCUT2D eigenvalue weighted by Crippen LogP contribution is -2.35. The van der Waals surface area contributed by atoms with Crippen LogP contribution >= 0.6 is 0 Å². The number of piperidine rings is 1. The fraction of sp³-hybridized carbons (Fsp3) is 0.227. The molecule has 27 heavy (non-hydrogen) atoms. The van der Waals surface area contributed by atoms with Crippen molar-refractivity contribution in [2.75, 3.05) is 13.1 Å². The lowest BCUT2D eigenvalue weighted by molar-refractivity contribution is 0.0724. The number of hydrogen-bond donors (Lipinski definition) is 0. The molecule has 5 heteroatoms. The summed E-state index contributed by atoms with van der Waals surface area (Å²) < 4.78 is 1.76. The van der Waals surface area contributed by atoms with Crippen molar-refractivity contribution in [1.29, 1.82) is 0 Å². The first-order valence-corrected chi connectivity index (χ1v) is 9.18. The van der Waals surface area contributed by atoms with Crippen molar-refractivity contribution in [3.05, 3.63) is 77.9 Å². The van der Waals surface area contributed by atoms with Gasteiger partial charge in [-0.05, 0) is 61.6 Å². The van der Waals surface area contributed by atoms with Crippen LogP contribution in [0.1, 0.15) is 40.9 Å². The molecular formula is C22H20N4O. The summed E-state index contributed by atoms with van der Waals surface area (Å²) in [7, 11) is 0. The fourth-order valence-corrected chi connectivity index (χ4v) is 3.23. The molecule has 0 radical (unpaired) electrons. The summed E-state index contributed by atoms with van der Waals surface area (Å²) in [5, 5.41) is 4.30. The van der Waals surface area contributed by atoms with Crippen LogP contribution in [0.25, 0.3) is 5.69 Å². The lowest BCUT2D eigenvalue weighted by Gasteiger charge is -2.26. The van der Waals surface area contributed by atoms with Crippen molar-refractivity contribution in [2.45, 2.75) is 19.3 Å². The standard InChI is InChI=1S/C22H20N4O/c27-22(25-14-4-1-5-15-25)19-9-11-21(26-16-6-13-24-26)18(17-19)8-10-20-7-2-3-12-23-20/h2-3,6-7,9,11-13,16-17H,1,4-5,14-15H2. The summed E-state index contributed by atoms with van der Waals surface area (Å²) in [5.74, 6) is 6.33. The molecule has 0 N–H and O–H groups in total. The first-order chi connectivity index (χ1) is 13.3. The monoisotopic (exact) mass is 356 g/mol. The number of hydrogen-bond acceptors (Lipinski definition) is 3. The van der Waals surface area contributed by atoms with Crippen LogP contribution in [-0.4, -0.2) is 38.7 Å². The van der Waals surface area contributed by atoms with E-state index in [9.17, 15) is 4.79 Å². The number of nitrogens with zero attached hydrogens (tertiary/aromatic N) is 4. The van der Waals surface area contributed by atoms with E-state index in [2.05, 4.69) is 21.9 Å². The molecule has 3 heterocycles. The first-order valence-electron chi connectivity index (χ1n) is 9.18. The van der Waals surface area contributed by atoms with E-state index in [0.717, 1.165) is 37.2 Å². The van der Waals surface area contributed by atoms with Crippen LogP contribution in [0.4, 0.5) is 0 Å². The molecule has 1 amide bonds. The number of benzene rings is 1. The van der Waals surface area contributed by atoms with Gasteiger partial charge in [0.15, 0.2) is 0 Å². The largest absolute Gasteiger partial charge is 0.339 e. The molecule has 1 aliphatic heterocycles. The van der Waals surface area contributed by atoms with Crippen LogP contribution in [0.5, 0.6) is 0 Å². The van der Waals surface area contributed by atoms with Gasteiger partial charge in [0, 0.05) is 37.2 Å². The Bertz CT molecular complexity index is 978. The van der Waals surface area contributed by atoms with E-state index in [4.69, 9.17) is 0 Å². The summed E-state index contributed by atoms with van der Waals surface area (Å²) in [6, 6.07) is 13.1. The van der Waals surface area contributed by atoms with Crippen LogP contribution in [-0.2, 0) is 0 Å². The molecule has 5 nitrogen and oxygen atoms in total. The van der Waals surface area contributed by atoms with Gasteiger partial charge in [0.2, 0.25) is 0 Å². The molecule has 1 aliphatic rings. The van der Waals surface area contributed by atoms with E-state index >= 15 is 0 Å². The van der Waals surface area contributed by atoms with Crippen molar-refractivity contribution in [3.63, 3.8) is 0 Å². The number of rotatable bonds is 2. The molecular weight excluding hydrogens is 336 g/mol. The van der Waals surface area contributed by atoms with Crippen LogP contribution in [0, 0.1) is 11.8 Å². The van der Waals surface area contributed by atoms with Crippen molar-refractivity contribution in [3.8, 4) is 17.5 Å². The maximum Gasteiger partial charge on any atom is 0.253 e. The summed E-state index contributed by atoms with van der Waals surface area (Å²) in [6.07, 6.45) is 8.65. The fourth-order valence-electron chi connectivity index (χ4n) is 3.23. The quantitative estimate of drug-likeness (QED) is 0.662. The Hall–Kier alpha value is -3.39. The molecule has 0 saturated carbocycles. The van der Waals surface area contributed by atoms with Crippen molar-refractivity contribution >= 4 is 5.91 Å². The molecule has 0 unspecified atom stereocenters. The van der Waals surface area contributed by atoms with E-state index in [1.165, 1.54) is 6.42 Å². The predicted octanol–water partition coefficient (Wildman–Crippen LogP) is 3.29. The number of carbonyl (C=O) groups is 1. The van der Waals surface area contributed by atoms with Crippen LogP contribution in [0.2, 0.25) is 0 Å². The molecule has 134 valence electrons. The minimum absolute atomic E-state index is 0.0719. The van der Waals surface area contributed by atoms with Gasteiger partial charge in [-0.2, -0.15) is 5.10 Å². The van der Waals surface area contributed by atoms with Gasteiger partial charge in [0.25, 0.3) is 5.91 Å². The van der Waals surface area contributed by atoms with Crippen molar-refractivity contribution < 1.29 is 4.79 Å². The highest BCUT2D eigenvalue weighted by Crippen LogP contribution is 2.19. The number of amides is 1. The molecule has 0 aliphatic carbocycles. The second-order valence-electron chi connectivity index (χ2n) is 6.50. The van der Waals surface area contributed by atoms with Gasteiger partial charge < -0.3 is 4.90 Å². The molecule has 3 aromatic rings. The van der Waals surface area contributed by atoms with E-state index in [-0.39, 0.29) is 5.91 Å². The number of pyridine rings is 1. The normalized spacial score (nSPS) is 13.7. The zero-order valence-corrected chi connectivity index (χ0v) is 15.0. The summed E-state index contributed by atoms with van der Waals surface area (Å²) in [5.41, 5.74) is 2.96. The second-order valence-corrected chi connectivity index (χ2v) is 6.50. The van der Waals surface area contributed by atoms with Gasteiger partial charge >= 0.3 is 0 Å². The van der Waals surface area contributed by atoms with Crippen LogP contribution < -0.4 is 0 Å². The smallest absolute Gasteiger partial charge is 0.253 e. The molecule has 1 aromatic carbocycles. The van der Waals surface area contributed by atoms with Crippen molar-refractivity contribution in [2.24, 2.45) is 0 Å². The molecule has 0 bridgehead atoms. The van der Waals surface area contributed by atoms with Gasteiger partial charge in [-0.25, -0.2) is 9.67 Å². The van der Waals surface area contributed by atoms with Gasteiger partial charge in [-0.1, -0.05) is 12.0 Å². The summed E-state index contributed by atoms with van der Waals surface area (Å²) >= 11 is 0. The highest BCUT2D eigenvalue weighted by molar-refractivity contribution is 5.95. The summed E-state index contributed by atoms with van der Waals surface area (Å²) in [4.78, 5) is 19.0. The van der Waals surface area contributed by atoms with Gasteiger partial charge in [-0.3, -0.25) is 4.79 Å². The Morgan fingerprint density at radius 2 is 1.85 bits per heavy atom. The van der Waals surface area contributed by atoms with Crippen molar-refractivity contribution in [1.82, 2.24) is 19.7 Å². The van der Waals surface area contributed by atoms with Crippen LogP contribution in [0.15, 0.2) is 61.1 Å². The Labute approximate surface area is 158 Å². The van der Waals surface area contributed by atoms with Gasteiger partial charge in [-0.15, -0.1) is 0 Å². The predicted molar refractivity (Wildman–Crippen MR) is 104 cm³/mol. The third kappa shape index (κ3) is 3.90. The number of carbonyl (C=O) groups excluding carboxylic acids is 1. The molecule has 1 saturated heterocycles. The lowest BCUT2D eigenvalue weighted by atomic mass is 10.1. The molecule has 2 aromatic heterocycles. The van der Waals surface area contributed by atoms with E-state index in [1.807, 2.05) is 53.6 Å². The third-order valence-electron chi connectivity index (χ3n) is 4.63. The maximum absolute atomic E-state index is 12.9. The minimum Gasteiger partial charge on any atom is -0.339 e. The molecule has 0 atom stereocenters. The zero-order chi connectivity index (χ0) is 18.5. The molecule has 4 rings (SSSR count). The van der Waals surface area contributed by atoms with Crippen LogP contribution in [0.3, 0.4) is 0 Å². The molecule has 0 spiro atoms. The average molecular weight is 356 g/mol. The number of likely N-dealkylation sites (tertiary alicyclic amines) is 1. The molecule has 1 fully saturated rings. The Balaban J connectivity index is 1.71. The highest BCUT2D eigenvalue weighted by Gasteiger charge is 2.19. The van der Waals surface area contributed by atoms with E-state index < -0.39 is 0 Å². The second kappa shape index (κ2) is 7.88. The Morgan fingerprint density at radius 3 is 2.59 bits per heavy atom. The van der Waals surface area contributed by atoms with E-state index in [0.29, 0.717) is 11.3 Å². The minimum atomic E-state index is 0.0719. The zero-order valence-electron chi connectivity index (χ0n) is 15.0. The van der Waals surface area contributed by atoms with Gasteiger partial charge in [0.1, 0.15) is 5.69 Å². The Kier molecular flexibility index (Phi) is 4.97. The average Bonchev–Trinajstić information content (AvgIpc) is 3.27. The van der Waals surface area contributed by atoms with Gasteiger partial charge in [0.05, 0.1) is 11.3 Å². The maximum atomic E-state index is 12.9. The topological polar surface area (TPSA) is 51.0 Å². The highest BCUT2D eigenvalue weighted by atomic mass is 16.2. The summed E-state index contributed by atoms with van der Waals surface area (Å²) in [6.45, 7) is 1.66. The van der Waals surface area contributed by atoms with E-state index in [1.54, 1.807) is 17.1 Å². The first kappa shape index (κ1) is 17.0. The number of aromatic nitrogens is 3. The SMILES string of the molecule is O=C(c1ccc(-n2cccn2)c(C#Cc2ccccn2)c1)N1CCCCC1.